The molecule has 1 N–H and O–H groups in total. The van der Waals surface area contributed by atoms with Crippen LogP contribution in [0.4, 0.5) is 0 Å². The summed E-state index contributed by atoms with van der Waals surface area (Å²) in [5.41, 5.74) is 2.06. The van der Waals surface area contributed by atoms with Gasteiger partial charge in [-0.2, -0.15) is 0 Å². The molecular weight excluding hydrogens is 354 g/mol. The molecule has 1 heterocycles. The fourth-order valence-electron chi connectivity index (χ4n) is 2.22. The summed E-state index contributed by atoms with van der Waals surface area (Å²) in [5.74, 6) is -0.998. The lowest BCUT2D eigenvalue weighted by molar-refractivity contribution is 0.0699. The van der Waals surface area contributed by atoms with Gasteiger partial charge in [-0.25, -0.2) is 9.78 Å². The lowest BCUT2D eigenvalue weighted by atomic mass is 10.0. The van der Waals surface area contributed by atoms with Gasteiger partial charge < -0.3 is 5.11 Å². The van der Waals surface area contributed by atoms with E-state index < -0.39 is 5.97 Å². The number of carboxylic acid groups (broad SMARTS) is 1. The van der Waals surface area contributed by atoms with Crippen LogP contribution in [-0.4, -0.2) is 16.1 Å². The Kier molecular flexibility index (Phi) is 3.66. The average Bonchev–Trinajstić information content (AvgIpc) is 2.46. The van der Waals surface area contributed by atoms with Crippen LogP contribution in [0.25, 0.3) is 22.2 Å². The molecule has 0 aliphatic rings. The van der Waals surface area contributed by atoms with Crippen molar-refractivity contribution in [1.29, 1.82) is 0 Å². The number of rotatable bonds is 2. The molecule has 0 unspecified atom stereocenters. The van der Waals surface area contributed by atoms with Gasteiger partial charge in [-0.15, -0.1) is 0 Å². The first-order chi connectivity index (χ1) is 10.1. The minimum atomic E-state index is -0.998. The van der Waals surface area contributed by atoms with Crippen molar-refractivity contribution >= 4 is 44.4 Å². The normalized spacial score (nSPS) is 10.8. The van der Waals surface area contributed by atoms with Gasteiger partial charge in [-0.3, -0.25) is 0 Å². The van der Waals surface area contributed by atoms with Crippen LogP contribution in [-0.2, 0) is 0 Å². The quantitative estimate of drug-likeness (QED) is 0.696. The Bertz CT molecular complexity index is 864. The molecule has 0 atom stereocenters. The van der Waals surface area contributed by atoms with Crippen LogP contribution < -0.4 is 0 Å². The number of halogens is 2. The van der Waals surface area contributed by atoms with Crippen LogP contribution in [0, 0.1) is 0 Å². The van der Waals surface area contributed by atoms with Gasteiger partial charge in [-0.05, 0) is 24.3 Å². The predicted molar refractivity (Wildman–Crippen MR) is 86.8 cm³/mol. The molecule has 3 rings (SSSR count). The molecule has 0 radical (unpaired) electrons. The molecule has 0 bridgehead atoms. The molecule has 3 nitrogen and oxygen atoms in total. The number of hydrogen-bond donors (Lipinski definition) is 1. The van der Waals surface area contributed by atoms with Crippen molar-refractivity contribution in [3.8, 4) is 11.3 Å². The van der Waals surface area contributed by atoms with Gasteiger partial charge in [0.25, 0.3) is 0 Å². The zero-order chi connectivity index (χ0) is 15.0. The van der Waals surface area contributed by atoms with E-state index in [1.807, 2.05) is 24.3 Å². The first-order valence-electron chi connectivity index (χ1n) is 6.15. The van der Waals surface area contributed by atoms with Gasteiger partial charge in [0.1, 0.15) is 0 Å². The standard InChI is InChI=1S/C16H9BrClNO2/c17-11-5-3-7-13-15(11)10(16(20)21)8-14(19-13)9-4-1-2-6-12(9)18/h1-8H,(H,20,21). The van der Waals surface area contributed by atoms with Crippen molar-refractivity contribution in [2.75, 3.05) is 0 Å². The van der Waals surface area contributed by atoms with Crippen LogP contribution in [0.1, 0.15) is 10.4 Å². The monoisotopic (exact) mass is 361 g/mol. The summed E-state index contributed by atoms with van der Waals surface area (Å²) >= 11 is 9.56. The smallest absolute Gasteiger partial charge is 0.336 e. The number of carboxylic acids is 1. The molecule has 2 aromatic carbocycles. The third-order valence-electron chi connectivity index (χ3n) is 3.16. The van der Waals surface area contributed by atoms with E-state index in [-0.39, 0.29) is 5.56 Å². The highest BCUT2D eigenvalue weighted by atomic mass is 79.9. The fourth-order valence-corrected chi connectivity index (χ4v) is 3.02. The number of benzene rings is 2. The number of aromatic carboxylic acids is 1. The first kappa shape index (κ1) is 14.0. The van der Waals surface area contributed by atoms with E-state index in [1.54, 1.807) is 24.3 Å². The number of hydrogen-bond acceptors (Lipinski definition) is 2. The molecule has 0 aliphatic heterocycles. The van der Waals surface area contributed by atoms with Crippen LogP contribution in [0.3, 0.4) is 0 Å². The lowest BCUT2D eigenvalue weighted by Crippen LogP contribution is -2.01. The van der Waals surface area contributed by atoms with Gasteiger partial charge in [-0.1, -0.05) is 51.8 Å². The zero-order valence-corrected chi connectivity index (χ0v) is 13.0. The van der Waals surface area contributed by atoms with Gasteiger partial charge in [0.05, 0.1) is 16.8 Å². The third kappa shape index (κ3) is 2.52. The Morgan fingerprint density at radius 1 is 1.14 bits per heavy atom. The highest BCUT2D eigenvalue weighted by molar-refractivity contribution is 9.10. The highest BCUT2D eigenvalue weighted by Gasteiger charge is 2.16. The maximum absolute atomic E-state index is 11.6. The Morgan fingerprint density at radius 2 is 1.90 bits per heavy atom. The molecule has 0 saturated heterocycles. The van der Waals surface area contributed by atoms with Gasteiger partial charge >= 0.3 is 5.97 Å². The van der Waals surface area contributed by atoms with Gasteiger partial charge in [0, 0.05) is 20.4 Å². The molecule has 104 valence electrons. The summed E-state index contributed by atoms with van der Waals surface area (Å²) in [4.78, 5) is 16.1. The van der Waals surface area contributed by atoms with Crippen LogP contribution in [0.5, 0.6) is 0 Å². The minimum absolute atomic E-state index is 0.197. The summed E-state index contributed by atoms with van der Waals surface area (Å²) in [6.07, 6.45) is 0. The van der Waals surface area contributed by atoms with Crippen LogP contribution >= 0.6 is 27.5 Å². The van der Waals surface area contributed by atoms with Crippen molar-refractivity contribution in [1.82, 2.24) is 4.98 Å². The number of nitrogens with zero attached hydrogens (tertiary/aromatic N) is 1. The molecule has 0 spiro atoms. The van der Waals surface area contributed by atoms with Gasteiger partial charge in [0.15, 0.2) is 0 Å². The molecule has 3 aromatic rings. The summed E-state index contributed by atoms with van der Waals surface area (Å²) < 4.78 is 0.704. The summed E-state index contributed by atoms with van der Waals surface area (Å²) in [6.45, 7) is 0. The second-order valence-corrected chi connectivity index (χ2v) is 5.74. The number of pyridine rings is 1. The predicted octanol–water partition coefficient (Wildman–Crippen LogP) is 5.02. The minimum Gasteiger partial charge on any atom is -0.478 e. The summed E-state index contributed by atoms with van der Waals surface area (Å²) in [7, 11) is 0. The van der Waals surface area contributed by atoms with Gasteiger partial charge in [0.2, 0.25) is 0 Å². The van der Waals surface area contributed by atoms with E-state index in [4.69, 9.17) is 11.6 Å². The van der Waals surface area contributed by atoms with E-state index in [0.717, 1.165) is 0 Å². The Hall–Kier alpha value is -1.91. The van der Waals surface area contributed by atoms with E-state index >= 15 is 0 Å². The molecule has 0 saturated carbocycles. The van der Waals surface area contributed by atoms with E-state index in [9.17, 15) is 9.90 Å². The highest BCUT2D eigenvalue weighted by Crippen LogP contribution is 2.32. The number of aromatic nitrogens is 1. The topological polar surface area (TPSA) is 50.2 Å². The fraction of sp³-hybridized carbons (Fsp3) is 0. The first-order valence-corrected chi connectivity index (χ1v) is 7.32. The SMILES string of the molecule is O=C(O)c1cc(-c2ccccc2Cl)nc2cccc(Br)c12. The Balaban J connectivity index is 2.37. The molecule has 0 aliphatic carbocycles. The van der Waals surface area contributed by atoms with E-state index in [1.165, 1.54) is 0 Å². The number of fused-ring (bicyclic) bond motifs is 1. The van der Waals surface area contributed by atoms with Crippen molar-refractivity contribution in [2.45, 2.75) is 0 Å². The molecule has 1 aromatic heterocycles. The second-order valence-electron chi connectivity index (χ2n) is 4.47. The maximum Gasteiger partial charge on any atom is 0.336 e. The molecular formula is C16H9BrClNO2. The Labute approximate surface area is 134 Å². The largest absolute Gasteiger partial charge is 0.478 e. The van der Waals surface area contributed by atoms with Crippen molar-refractivity contribution in [3.63, 3.8) is 0 Å². The van der Waals surface area contributed by atoms with E-state index in [2.05, 4.69) is 20.9 Å². The Morgan fingerprint density at radius 3 is 2.62 bits per heavy atom. The molecule has 5 heteroatoms. The van der Waals surface area contributed by atoms with Crippen LogP contribution in [0.2, 0.25) is 5.02 Å². The zero-order valence-electron chi connectivity index (χ0n) is 10.7. The van der Waals surface area contributed by atoms with Crippen LogP contribution in [0.15, 0.2) is 53.0 Å². The number of carbonyl (C=O) groups is 1. The molecule has 0 amide bonds. The average molecular weight is 363 g/mol. The maximum atomic E-state index is 11.6. The molecule has 21 heavy (non-hydrogen) atoms. The third-order valence-corrected chi connectivity index (χ3v) is 4.15. The van der Waals surface area contributed by atoms with Crippen molar-refractivity contribution in [2.24, 2.45) is 0 Å². The summed E-state index contributed by atoms with van der Waals surface area (Å²) in [5, 5.41) is 10.6. The van der Waals surface area contributed by atoms with E-state index in [0.29, 0.717) is 31.7 Å². The van der Waals surface area contributed by atoms with Crippen molar-refractivity contribution < 1.29 is 9.90 Å². The van der Waals surface area contributed by atoms with Crippen molar-refractivity contribution in [3.05, 3.63) is 63.6 Å². The summed E-state index contributed by atoms with van der Waals surface area (Å²) in [6, 6.07) is 14.2. The molecule has 0 fully saturated rings. The second kappa shape index (κ2) is 5.47. The lowest BCUT2D eigenvalue weighted by Gasteiger charge is -2.09.